The van der Waals surface area contributed by atoms with Crippen molar-refractivity contribution in [3.63, 3.8) is 0 Å². The topological polar surface area (TPSA) is 73.8 Å². The maximum atomic E-state index is 13.1. The summed E-state index contributed by atoms with van der Waals surface area (Å²) in [6.07, 6.45) is 4.75. The molecule has 0 saturated carbocycles. The van der Waals surface area contributed by atoms with Crippen LogP contribution in [0.5, 0.6) is 0 Å². The third-order valence-electron chi connectivity index (χ3n) is 5.88. The molecule has 2 aliphatic rings. The molecule has 2 aliphatic heterocycles. The summed E-state index contributed by atoms with van der Waals surface area (Å²) in [6.45, 7) is 2.07. The molecule has 0 spiro atoms. The predicted octanol–water partition coefficient (Wildman–Crippen LogP) is 1.60. The lowest BCUT2D eigenvalue weighted by Crippen LogP contribution is -2.36. The van der Waals surface area contributed by atoms with Gasteiger partial charge in [-0.2, -0.15) is 4.31 Å². The number of pyridine rings is 1. The Labute approximate surface area is 172 Å². The van der Waals surface area contributed by atoms with Crippen molar-refractivity contribution in [3.05, 3.63) is 59.4 Å². The van der Waals surface area contributed by atoms with Gasteiger partial charge in [0.25, 0.3) is 5.91 Å². The molecule has 1 aromatic heterocycles. The number of rotatable bonds is 4. The summed E-state index contributed by atoms with van der Waals surface area (Å²) < 4.78 is 27.9. The van der Waals surface area contributed by atoms with Gasteiger partial charge in [0.1, 0.15) is 0 Å². The summed E-state index contributed by atoms with van der Waals surface area (Å²) in [6, 6.07) is 9.09. The summed E-state index contributed by atoms with van der Waals surface area (Å²) in [5.74, 6) is -0.0784. The number of hydrogen-bond acceptors (Lipinski definition) is 5. The molecule has 1 unspecified atom stereocenters. The third kappa shape index (κ3) is 3.92. The Morgan fingerprint density at radius 3 is 2.69 bits per heavy atom. The van der Waals surface area contributed by atoms with E-state index < -0.39 is 10.0 Å². The van der Waals surface area contributed by atoms with Crippen molar-refractivity contribution >= 4 is 15.9 Å². The SMILES string of the molecule is CN(C)C1CCN(S(=O)(=O)c2ccc3c(c2)CN(C(=O)c2cccnc2)CC3)C1. The second kappa shape index (κ2) is 7.85. The predicted molar refractivity (Wildman–Crippen MR) is 110 cm³/mol. The maximum absolute atomic E-state index is 13.1. The van der Waals surface area contributed by atoms with Crippen LogP contribution in [0.2, 0.25) is 0 Å². The smallest absolute Gasteiger partial charge is 0.255 e. The Balaban J connectivity index is 1.55. The molecule has 0 aliphatic carbocycles. The highest BCUT2D eigenvalue weighted by Gasteiger charge is 2.34. The zero-order valence-electron chi connectivity index (χ0n) is 16.8. The molecule has 0 N–H and O–H groups in total. The normalized spacial score (nSPS) is 20.1. The van der Waals surface area contributed by atoms with Gasteiger partial charge in [0.15, 0.2) is 0 Å². The van der Waals surface area contributed by atoms with Gasteiger partial charge in [0, 0.05) is 44.6 Å². The minimum Gasteiger partial charge on any atom is -0.334 e. The summed E-state index contributed by atoms with van der Waals surface area (Å²) in [4.78, 5) is 20.9. The van der Waals surface area contributed by atoms with E-state index >= 15 is 0 Å². The number of amides is 1. The molecule has 0 bridgehead atoms. The van der Waals surface area contributed by atoms with Crippen molar-refractivity contribution in [1.29, 1.82) is 0 Å². The first-order chi connectivity index (χ1) is 13.9. The fourth-order valence-corrected chi connectivity index (χ4v) is 5.58. The molecular formula is C21H26N4O3S. The van der Waals surface area contributed by atoms with Crippen molar-refractivity contribution in [1.82, 2.24) is 19.1 Å². The first kappa shape index (κ1) is 20.0. The first-order valence-corrected chi connectivity index (χ1v) is 11.3. The van der Waals surface area contributed by atoms with E-state index in [2.05, 4.69) is 9.88 Å². The highest BCUT2D eigenvalue weighted by atomic mass is 32.2. The van der Waals surface area contributed by atoms with E-state index in [0.29, 0.717) is 43.1 Å². The lowest BCUT2D eigenvalue weighted by molar-refractivity contribution is 0.0734. The number of benzene rings is 1. The van der Waals surface area contributed by atoms with Gasteiger partial charge in [-0.25, -0.2) is 8.42 Å². The third-order valence-corrected chi connectivity index (χ3v) is 7.74. The molecule has 1 atom stereocenters. The Hall–Kier alpha value is -2.29. The average Bonchev–Trinajstić information content (AvgIpc) is 3.24. The van der Waals surface area contributed by atoms with Crippen LogP contribution >= 0.6 is 0 Å². The van der Waals surface area contributed by atoms with Crippen LogP contribution < -0.4 is 0 Å². The maximum Gasteiger partial charge on any atom is 0.255 e. The number of aromatic nitrogens is 1. The van der Waals surface area contributed by atoms with Crippen LogP contribution in [0.1, 0.15) is 27.9 Å². The van der Waals surface area contributed by atoms with E-state index in [1.165, 1.54) is 0 Å². The van der Waals surface area contributed by atoms with E-state index in [4.69, 9.17) is 0 Å². The van der Waals surface area contributed by atoms with Gasteiger partial charge < -0.3 is 9.80 Å². The Kier molecular flexibility index (Phi) is 5.42. The minimum atomic E-state index is -3.54. The number of sulfonamides is 1. The molecule has 1 amide bonds. The Bertz CT molecular complexity index is 1010. The first-order valence-electron chi connectivity index (χ1n) is 9.84. The quantitative estimate of drug-likeness (QED) is 0.760. The largest absolute Gasteiger partial charge is 0.334 e. The van der Waals surface area contributed by atoms with E-state index in [9.17, 15) is 13.2 Å². The van der Waals surface area contributed by atoms with Crippen molar-refractivity contribution < 1.29 is 13.2 Å². The molecule has 29 heavy (non-hydrogen) atoms. The molecule has 1 saturated heterocycles. The van der Waals surface area contributed by atoms with Crippen LogP contribution in [0.4, 0.5) is 0 Å². The molecule has 3 heterocycles. The molecule has 1 fully saturated rings. The zero-order valence-corrected chi connectivity index (χ0v) is 17.6. The molecule has 8 heteroatoms. The highest BCUT2D eigenvalue weighted by molar-refractivity contribution is 7.89. The molecule has 7 nitrogen and oxygen atoms in total. The summed E-state index contributed by atoms with van der Waals surface area (Å²) in [5, 5.41) is 0. The summed E-state index contributed by atoms with van der Waals surface area (Å²) in [7, 11) is 0.424. The van der Waals surface area contributed by atoms with Gasteiger partial charge >= 0.3 is 0 Å². The van der Waals surface area contributed by atoms with Crippen LogP contribution in [0.15, 0.2) is 47.6 Å². The average molecular weight is 415 g/mol. The van der Waals surface area contributed by atoms with E-state index in [1.807, 2.05) is 20.2 Å². The summed E-state index contributed by atoms with van der Waals surface area (Å²) in [5.41, 5.74) is 2.55. The van der Waals surface area contributed by atoms with Crippen molar-refractivity contribution in [2.75, 3.05) is 33.7 Å². The van der Waals surface area contributed by atoms with E-state index in [-0.39, 0.29) is 11.9 Å². The lowest BCUT2D eigenvalue weighted by Gasteiger charge is -2.29. The molecule has 154 valence electrons. The van der Waals surface area contributed by atoms with E-state index in [1.54, 1.807) is 45.9 Å². The van der Waals surface area contributed by atoms with Crippen LogP contribution in [-0.2, 0) is 23.0 Å². The number of carbonyl (C=O) groups is 1. The van der Waals surface area contributed by atoms with Gasteiger partial charge in [-0.1, -0.05) is 6.07 Å². The fraction of sp³-hybridized carbons (Fsp3) is 0.429. The monoisotopic (exact) mass is 414 g/mol. The van der Waals surface area contributed by atoms with Gasteiger partial charge in [-0.3, -0.25) is 9.78 Å². The van der Waals surface area contributed by atoms with Crippen molar-refractivity contribution in [2.24, 2.45) is 0 Å². The van der Waals surface area contributed by atoms with Gasteiger partial charge in [0.2, 0.25) is 10.0 Å². The Morgan fingerprint density at radius 2 is 2.00 bits per heavy atom. The fourth-order valence-electron chi connectivity index (χ4n) is 4.04. The highest BCUT2D eigenvalue weighted by Crippen LogP contribution is 2.27. The van der Waals surface area contributed by atoms with Gasteiger partial charge in [-0.05, 0) is 62.3 Å². The number of nitrogens with zero attached hydrogens (tertiary/aromatic N) is 4. The molecule has 4 rings (SSSR count). The Morgan fingerprint density at radius 1 is 1.17 bits per heavy atom. The zero-order chi connectivity index (χ0) is 20.6. The summed E-state index contributed by atoms with van der Waals surface area (Å²) >= 11 is 0. The number of fused-ring (bicyclic) bond motifs is 1. The second-order valence-electron chi connectivity index (χ2n) is 7.92. The van der Waals surface area contributed by atoms with Crippen LogP contribution in [-0.4, -0.2) is 73.2 Å². The standard InChI is InChI=1S/C21H26N4O3S/c1-23(2)19-8-11-25(15-19)29(27,28)20-6-5-16-7-10-24(14-18(16)12-20)21(26)17-4-3-9-22-13-17/h3-6,9,12-13,19H,7-8,10-11,14-15H2,1-2H3. The van der Waals surface area contributed by atoms with Crippen LogP contribution in [0.3, 0.4) is 0 Å². The minimum absolute atomic E-state index is 0.0784. The van der Waals surface area contributed by atoms with Crippen LogP contribution in [0, 0.1) is 0 Å². The molecule has 2 aromatic rings. The van der Waals surface area contributed by atoms with Crippen molar-refractivity contribution in [2.45, 2.75) is 30.3 Å². The number of hydrogen-bond donors (Lipinski definition) is 0. The lowest BCUT2D eigenvalue weighted by atomic mass is 9.99. The van der Waals surface area contributed by atoms with Gasteiger partial charge in [0.05, 0.1) is 10.5 Å². The molecular weight excluding hydrogens is 388 g/mol. The second-order valence-corrected chi connectivity index (χ2v) is 9.86. The van der Waals surface area contributed by atoms with Crippen LogP contribution in [0.25, 0.3) is 0 Å². The number of carbonyl (C=O) groups excluding carboxylic acids is 1. The molecule has 1 aromatic carbocycles. The van der Waals surface area contributed by atoms with Gasteiger partial charge in [-0.15, -0.1) is 0 Å². The van der Waals surface area contributed by atoms with Crippen molar-refractivity contribution in [3.8, 4) is 0 Å². The number of likely N-dealkylation sites (N-methyl/N-ethyl adjacent to an activating group) is 1. The van der Waals surface area contributed by atoms with E-state index in [0.717, 1.165) is 17.5 Å². The molecule has 0 radical (unpaired) electrons.